The van der Waals surface area contributed by atoms with Crippen molar-refractivity contribution in [3.63, 3.8) is 0 Å². The van der Waals surface area contributed by atoms with Crippen LogP contribution in [0.2, 0.25) is 5.02 Å². The highest BCUT2D eigenvalue weighted by atomic mass is 79.9. The van der Waals surface area contributed by atoms with Gasteiger partial charge in [-0.1, -0.05) is 16.8 Å². The van der Waals surface area contributed by atoms with Crippen molar-refractivity contribution >= 4 is 49.3 Å². The van der Waals surface area contributed by atoms with Crippen molar-refractivity contribution in [2.75, 3.05) is 0 Å². The lowest BCUT2D eigenvalue weighted by atomic mass is 10.0. The molecule has 0 fully saturated rings. The second-order valence-corrected chi connectivity index (χ2v) is 8.18. The minimum atomic E-state index is -0.0183. The molecule has 0 saturated heterocycles. The molecule has 0 aliphatic rings. The molecular weight excluding hydrogens is 388 g/mol. The van der Waals surface area contributed by atoms with Crippen LogP contribution >= 0.6 is 27.5 Å². The molecule has 0 saturated carbocycles. The number of benzene rings is 2. The average Bonchev–Trinajstić information content (AvgIpc) is 3.09. The predicted octanol–water partition coefficient (Wildman–Crippen LogP) is 6.62. The van der Waals surface area contributed by atoms with Gasteiger partial charge < -0.3 is 9.09 Å². The van der Waals surface area contributed by atoms with Crippen molar-refractivity contribution in [1.29, 1.82) is 0 Å². The van der Waals surface area contributed by atoms with Gasteiger partial charge in [-0.3, -0.25) is 0 Å². The van der Waals surface area contributed by atoms with Gasteiger partial charge in [-0.15, -0.1) is 0 Å². The molecule has 2 aromatic carbocycles. The highest BCUT2D eigenvalue weighted by Gasteiger charge is 2.22. The topological polar surface area (TPSA) is 31.0 Å². The monoisotopic (exact) mass is 402 g/mol. The molecule has 0 aliphatic carbocycles. The molecule has 0 radical (unpaired) electrons. The first-order valence-electron chi connectivity index (χ1n) is 7.71. The first-order valence-corrected chi connectivity index (χ1v) is 8.89. The summed E-state index contributed by atoms with van der Waals surface area (Å²) >= 11 is 9.73. The van der Waals surface area contributed by atoms with E-state index in [1.165, 1.54) is 0 Å². The molecule has 0 amide bonds. The van der Waals surface area contributed by atoms with Gasteiger partial charge in [0.1, 0.15) is 5.52 Å². The molecule has 24 heavy (non-hydrogen) atoms. The maximum atomic E-state index is 6.01. The molecule has 0 spiro atoms. The van der Waals surface area contributed by atoms with E-state index in [1.807, 2.05) is 30.3 Å². The molecule has 0 N–H and O–H groups in total. The number of aromatic nitrogens is 2. The van der Waals surface area contributed by atoms with Crippen molar-refractivity contribution in [2.45, 2.75) is 26.3 Å². The summed E-state index contributed by atoms with van der Waals surface area (Å²) < 4.78 is 8.98. The van der Waals surface area contributed by atoms with Crippen molar-refractivity contribution in [3.8, 4) is 11.3 Å². The van der Waals surface area contributed by atoms with E-state index in [9.17, 15) is 0 Å². The van der Waals surface area contributed by atoms with Crippen molar-refractivity contribution in [3.05, 3.63) is 52.1 Å². The Morgan fingerprint density at radius 3 is 2.42 bits per heavy atom. The zero-order valence-electron chi connectivity index (χ0n) is 13.6. The van der Waals surface area contributed by atoms with E-state index < -0.39 is 0 Å². The smallest absolute Gasteiger partial charge is 0.175 e. The Morgan fingerprint density at radius 1 is 1.04 bits per heavy atom. The third-order valence-corrected chi connectivity index (χ3v) is 5.05. The largest absolute Gasteiger partial charge is 0.355 e. The van der Waals surface area contributed by atoms with Crippen LogP contribution in [0.1, 0.15) is 20.8 Å². The van der Waals surface area contributed by atoms with Gasteiger partial charge in [-0.05, 0) is 73.1 Å². The summed E-state index contributed by atoms with van der Waals surface area (Å²) in [7, 11) is 0. The fourth-order valence-corrected chi connectivity index (χ4v) is 3.80. The molecule has 0 bridgehead atoms. The summed E-state index contributed by atoms with van der Waals surface area (Å²) in [5.41, 5.74) is 2.94. The summed E-state index contributed by atoms with van der Waals surface area (Å²) in [6, 6.07) is 11.7. The molecule has 0 atom stereocenters. The second kappa shape index (κ2) is 5.36. The lowest BCUT2D eigenvalue weighted by molar-refractivity contribution is 0.410. The minimum absolute atomic E-state index is 0.0183. The van der Waals surface area contributed by atoms with E-state index in [0.717, 1.165) is 37.6 Å². The van der Waals surface area contributed by atoms with Gasteiger partial charge in [0, 0.05) is 32.2 Å². The van der Waals surface area contributed by atoms with Crippen LogP contribution < -0.4 is 0 Å². The van der Waals surface area contributed by atoms with Crippen LogP contribution in [0.3, 0.4) is 0 Å². The highest BCUT2D eigenvalue weighted by molar-refractivity contribution is 9.10. The SMILES string of the molecule is CC(C)(C)n1cc(Br)c2c3c(-c4ccc(Cl)cc4)onc3ccc21. The fraction of sp³-hybridized carbons (Fsp3) is 0.211. The van der Waals surface area contributed by atoms with Crippen molar-refractivity contribution in [1.82, 2.24) is 9.72 Å². The molecular formula is C19H16BrClN2O. The zero-order chi connectivity index (χ0) is 17.1. The fourth-order valence-electron chi connectivity index (χ4n) is 3.07. The van der Waals surface area contributed by atoms with Gasteiger partial charge in [0.05, 0.1) is 10.9 Å². The first kappa shape index (κ1) is 15.7. The van der Waals surface area contributed by atoms with E-state index in [4.69, 9.17) is 16.1 Å². The van der Waals surface area contributed by atoms with Crippen molar-refractivity contribution in [2.24, 2.45) is 0 Å². The number of hydrogen-bond acceptors (Lipinski definition) is 2. The summed E-state index contributed by atoms with van der Waals surface area (Å²) in [5.74, 6) is 0.764. The number of rotatable bonds is 1. The first-order chi connectivity index (χ1) is 11.4. The van der Waals surface area contributed by atoms with Gasteiger partial charge in [0.2, 0.25) is 0 Å². The standard InChI is InChI=1S/C19H16BrClN2O/c1-19(2,3)23-10-13(20)16-15(23)9-8-14-17(16)18(24-22-14)11-4-6-12(21)7-5-11/h4-10H,1-3H3. The summed E-state index contributed by atoms with van der Waals surface area (Å²) in [5, 5.41) is 7.08. The Kier molecular flexibility index (Phi) is 3.52. The lowest BCUT2D eigenvalue weighted by Crippen LogP contribution is -2.20. The quantitative estimate of drug-likeness (QED) is 0.357. The Morgan fingerprint density at radius 2 is 1.75 bits per heavy atom. The van der Waals surface area contributed by atoms with Gasteiger partial charge in [-0.25, -0.2) is 0 Å². The van der Waals surface area contributed by atoms with Gasteiger partial charge in [0.25, 0.3) is 0 Å². The molecule has 2 aromatic heterocycles. The third kappa shape index (κ3) is 2.36. The van der Waals surface area contributed by atoms with Crippen LogP contribution in [0.5, 0.6) is 0 Å². The zero-order valence-corrected chi connectivity index (χ0v) is 15.9. The molecule has 5 heteroatoms. The Bertz CT molecular complexity index is 1060. The van der Waals surface area contributed by atoms with Crippen LogP contribution in [0.25, 0.3) is 33.1 Å². The Hall–Kier alpha value is -1.78. The molecule has 122 valence electrons. The number of fused-ring (bicyclic) bond motifs is 3. The number of halogens is 2. The minimum Gasteiger partial charge on any atom is -0.355 e. The van der Waals surface area contributed by atoms with E-state index in [2.05, 4.69) is 58.7 Å². The summed E-state index contributed by atoms with van der Waals surface area (Å²) in [4.78, 5) is 0. The van der Waals surface area contributed by atoms with E-state index in [0.29, 0.717) is 5.02 Å². The molecule has 3 nitrogen and oxygen atoms in total. The van der Waals surface area contributed by atoms with Crippen LogP contribution in [-0.4, -0.2) is 9.72 Å². The van der Waals surface area contributed by atoms with Crippen LogP contribution in [0.4, 0.5) is 0 Å². The Balaban J connectivity index is 2.09. The summed E-state index contributed by atoms with van der Waals surface area (Å²) in [6.45, 7) is 6.57. The Labute approximate surface area is 153 Å². The molecule has 4 aromatic rings. The van der Waals surface area contributed by atoms with Crippen molar-refractivity contribution < 1.29 is 4.52 Å². The highest BCUT2D eigenvalue weighted by Crippen LogP contribution is 2.40. The maximum absolute atomic E-state index is 6.01. The van der Waals surface area contributed by atoms with Crippen LogP contribution in [-0.2, 0) is 5.54 Å². The second-order valence-electron chi connectivity index (χ2n) is 6.89. The van der Waals surface area contributed by atoms with Gasteiger partial charge in [0.15, 0.2) is 5.76 Å². The third-order valence-electron chi connectivity index (χ3n) is 4.19. The van der Waals surface area contributed by atoms with E-state index in [-0.39, 0.29) is 5.54 Å². The van der Waals surface area contributed by atoms with E-state index in [1.54, 1.807) is 0 Å². The van der Waals surface area contributed by atoms with Crippen LogP contribution in [0.15, 0.2) is 51.6 Å². The lowest BCUT2D eigenvalue weighted by Gasteiger charge is -2.22. The number of nitrogens with zero attached hydrogens (tertiary/aromatic N) is 2. The number of hydrogen-bond donors (Lipinski definition) is 0. The van der Waals surface area contributed by atoms with Gasteiger partial charge in [-0.2, -0.15) is 0 Å². The average molecular weight is 404 g/mol. The molecule has 4 rings (SSSR count). The van der Waals surface area contributed by atoms with Gasteiger partial charge >= 0.3 is 0 Å². The maximum Gasteiger partial charge on any atom is 0.175 e. The van der Waals surface area contributed by atoms with Crippen LogP contribution in [0, 0.1) is 0 Å². The molecule has 2 heterocycles. The molecule has 0 aliphatic heterocycles. The summed E-state index contributed by atoms with van der Waals surface area (Å²) in [6.07, 6.45) is 2.13. The van der Waals surface area contributed by atoms with E-state index >= 15 is 0 Å². The predicted molar refractivity (Wildman–Crippen MR) is 103 cm³/mol. The molecule has 0 unspecified atom stereocenters. The normalized spacial score (nSPS) is 12.4.